The lowest BCUT2D eigenvalue weighted by Gasteiger charge is -2.23. The third kappa shape index (κ3) is 3.99. The van der Waals surface area contributed by atoms with Gasteiger partial charge >= 0.3 is 0 Å². The summed E-state index contributed by atoms with van der Waals surface area (Å²) in [5, 5.41) is 2.88. The molecule has 0 radical (unpaired) electrons. The molecule has 1 aromatic carbocycles. The summed E-state index contributed by atoms with van der Waals surface area (Å²) in [6, 6.07) is 2.97. The number of likely N-dealkylation sites (tertiary alicyclic amines) is 1. The van der Waals surface area contributed by atoms with E-state index in [1.165, 1.54) is 19.2 Å². The van der Waals surface area contributed by atoms with Crippen LogP contribution in [0.2, 0.25) is 0 Å². The molecule has 7 nitrogen and oxygen atoms in total. The molecule has 0 aliphatic carbocycles. The van der Waals surface area contributed by atoms with Crippen LogP contribution in [0.15, 0.2) is 17.0 Å². The number of anilines is 1. The fourth-order valence-corrected chi connectivity index (χ4v) is 3.91. The van der Waals surface area contributed by atoms with Crippen LogP contribution in [0.3, 0.4) is 0 Å². The molecule has 1 aromatic rings. The van der Waals surface area contributed by atoms with Gasteiger partial charge in [0.1, 0.15) is 5.75 Å². The molecule has 134 valence electrons. The molecular weight excluding hydrogens is 330 g/mol. The molecule has 1 amide bonds. The summed E-state index contributed by atoms with van der Waals surface area (Å²) in [7, 11) is -2.11. The zero-order chi connectivity index (χ0) is 17.9. The van der Waals surface area contributed by atoms with Gasteiger partial charge in [-0.25, -0.2) is 8.42 Å². The van der Waals surface area contributed by atoms with Crippen molar-refractivity contribution < 1.29 is 17.9 Å². The number of hydrogen-bond acceptors (Lipinski definition) is 6. The van der Waals surface area contributed by atoms with E-state index in [4.69, 9.17) is 10.5 Å². The second-order valence-corrected chi connectivity index (χ2v) is 7.98. The highest BCUT2D eigenvalue weighted by molar-refractivity contribution is 7.90. The number of rotatable bonds is 6. The van der Waals surface area contributed by atoms with E-state index in [0.717, 1.165) is 32.2 Å². The quantitative estimate of drug-likeness (QED) is 0.735. The van der Waals surface area contributed by atoms with Crippen molar-refractivity contribution in [3.05, 3.63) is 17.7 Å². The number of carbonyl (C=O) groups is 1. The number of hydrogen-bond donors (Lipinski definition) is 2. The Morgan fingerprint density at radius 3 is 2.75 bits per heavy atom. The molecule has 8 heteroatoms. The lowest BCUT2D eigenvalue weighted by molar-refractivity contribution is 0.0938. The summed E-state index contributed by atoms with van der Waals surface area (Å²) in [6.45, 7) is 4.61. The number of nitrogens with one attached hydrogen (secondary N) is 1. The van der Waals surface area contributed by atoms with E-state index < -0.39 is 9.84 Å². The molecule has 3 N–H and O–H groups in total. The van der Waals surface area contributed by atoms with E-state index in [0.29, 0.717) is 12.6 Å². The number of nitrogen functional groups attached to an aromatic ring is 1. The topological polar surface area (TPSA) is 102 Å². The maximum atomic E-state index is 12.5. The van der Waals surface area contributed by atoms with E-state index in [1.54, 1.807) is 0 Å². The van der Waals surface area contributed by atoms with Gasteiger partial charge in [-0.1, -0.05) is 6.92 Å². The third-order valence-corrected chi connectivity index (χ3v) is 5.53. The summed E-state index contributed by atoms with van der Waals surface area (Å²) in [6.07, 6.45) is 3.23. The standard InChI is InChI=1S/C16H25N3O4S/c1-4-19-7-5-6-11(19)10-18-16(20)12-8-15(24(3,21)22)13(17)9-14(12)23-2/h8-9,11H,4-7,10,17H2,1-3H3,(H,18,20)/t11-/m1/s1. The van der Waals surface area contributed by atoms with Gasteiger partial charge < -0.3 is 15.8 Å². The van der Waals surface area contributed by atoms with Crippen molar-refractivity contribution in [3.8, 4) is 5.75 Å². The van der Waals surface area contributed by atoms with Crippen LogP contribution >= 0.6 is 0 Å². The Bertz CT molecular complexity index is 718. The maximum absolute atomic E-state index is 12.5. The van der Waals surface area contributed by atoms with Crippen molar-refractivity contribution in [3.63, 3.8) is 0 Å². The van der Waals surface area contributed by atoms with Gasteiger partial charge in [0.15, 0.2) is 9.84 Å². The van der Waals surface area contributed by atoms with Gasteiger partial charge in [0.25, 0.3) is 5.91 Å². The minimum Gasteiger partial charge on any atom is -0.496 e. The lowest BCUT2D eigenvalue weighted by Crippen LogP contribution is -2.40. The first-order valence-corrected chi connectivity index (χ1v) is 9.86. The van der Waals surface area contributed by atoms with Crippen LogP contribution in [0.1, 0.15) is 30.1 Å². The minimum atomic E-state index is -3.53. The molecule has 24 heavy (non-hydrogen) atoms. The predicted molar refractivity (Wildman–Crippen MR) is 93.1 cm³/mol. The highest BCUT2D eigenvalue weighted by atomic mass is 32.2. The molecule has 2 rings (SSSR count). The van der Waals surface area contributed by atoms with Crippen LogP contribution in [-0.4, -0.2) is 58.3 Å². The first kappa shape index (κ1) is 18.5. The monoisotopic (exact) mass is 355 g/mol. The number of sulfone groups is 1. The lowest BCUT2D eigenvalue weighted by atomic mass is 10.1. The average molecular weight is 355 g/mol. The van der Waals surface area contributed by atoms with Crippen LogP contribution in [-0.2, 0) is 9.84 Å². The molecule has 0 unspecified atom stereocenters. The van der Waals surface area contributed by atoms with E-state index in [9.17, 15) is 13.2 Å². The third-order valence-electron chi connectivity index (χ3n) is 4.38. The second kappa shape index (κ2) is 7.40. The molecule has 1 saturated heterocycles. The summed E-state index contributed by atoms with van der Waals surface area (Å²) >= 11 is 0. The fraction of sp³-hybridized carbons (Fsp3) is 0.562. The van der Waals surface area contributed by atoms with E-state index in [1.807, 2.05) is 0 Å². The second-order valence-electron chi connectivity index (χ2n) is 6.00. The van der Waals surface area contributed by atoms with Crippen LogP contribution in [0.5, 0.6) is 5.75 Å². The number of likely N-dealkylation sites (N-methyl/N-ethyl adjacent to an activating group) is 1. The van der Waals surface area contributed by atoms with Crippen molar-refractivity contribution in [2.45, 2.75) is 30.7 Å². The molecule has 0 saturated carbocycles. The Kier molecular flexibility index (Phi) is 5.71. The highest BCUT2D eigenvalue weighted by Gasteiger charge is 2.25. The molecular formula is C16H25N3O4S. The van der Waals surface area contributed by atoms with Gasteiger partial charge in [0.2, 0.25) is 0 Å². The van der Waals surface area contributed by atoms with Crippen LogP contribution < -0.4 is 15.8 Å². The van der Waals surface area contributed by atoms with Crippen molar-refractivity contribution in [1.29, 1.82) is 0 Å². The summed E-state index contributed by atoms with van der Waals surface area (Å²) in [4.78, 5) is 14.8. The van der Waals surface area contributed by atoms with Crippen molar-refractivity contribution in [1.82, 2.24) is 10.2 Å². The molecule has 1 aliphatic rings. The fourth-order valence-electron chi connectivity index (χ4n) is 3.09. The Labute approximate surface area is 143 Å². The zero-order valence-corrected chi connectivity index (χ0v) is 15.1. The number of ether oxygens (including phenoxy) is 1. The molecule has 0 spiro atoms. The molecule has 1 heterocycles. The summed E-state index contributed by atoms with van der Waals surface area (Å²) in [5.74, 6) is -0.101. The molecule has 1 atom stereocenters. The molecule has 0 bridgehead atoms. The number of carbonyl (C=O) groups excluding carboxylic acids is 1. The van der Waals surface area contributed by atoms with Crippen molar-refractivity contribution in [2.24, 2.45) is 0 Å². The Balaban J connectivity index is 2.21. The number of methoxy groups -OCH3 is 1. The molecule has 1 fully saturated rings. The predicted octanol–water partition coefficient (Wildman–Crippen LogP) is 0.895. The van der Waals surface area contributed by atoms with Crippen LogP contribution in [0.4, 0.5) is 5.69 Å². The van der Waals surface area contributed by atoms with Crippen molar-refractivity contribution >= 4 is 21.4 Å². The van der Waals surface area contributed by atoms with Crippen LogP contribution in [0.25, 0.3) is 0 Å². The number of amides is 1. The SMILES string of the molecule is CCN1CCC[C@@H]1CNC(=O)c1cc(S(C)(=O)=O)c(N)cc1OC. The smallest absolute Gasteiger partial charge is 0.255 e. The van der Waals surface area contributed by atoms with Gasteiger partial charge in [-0.3, -0.25) is 9.69 Å². The molecule has 1 aliphatic heterocycles. The number of benzene rings is 1. The largest absolute Gasteiger partial charge is 0.496 e. The number of nitrogens with two attached hydrogens (primary N) is 1. The minimum absolute atomic E-state index is 0.0653. The molecule has 0 aromatic heterocycles. The summed E-state index contributed by atoms with van der Waals surface area (Å²) < 4.78 is 28.8. The Hall–Kier alpha value is -1.80. The van der Waals surface area contributed by atoms with Crippen LogP contribution in [0, 0.1) is 0 Å². The average Bonchev–Trinajstić information content (AvgIpc) is 2.98. The highest BCUT2D eigenvalue weighted by Crippen LogP contribution is 2.28. The van der Waals surface area contributed by atoms with Gasteiger partial charge in [-0.2, -0.15) is 0 Å². The first-order valence-electron chi connectivity index (χ1n) is 7.97. The zero-order valence-electron chi connectivity index (χ0n) is 14.3. The maximum Gasteiger partial charge on any atom is 0.255 e. The van der Waals surface area contributed by atoms with Gasteiger partial charge in [-0.15, -0.1) is 0 Å². The van der Waals surface area contributed by atoms with E-state index in [-0.39, 0.29) is 27.8 Å². The van der Waals surface area contributed by atoms with Gasteiger partial charge in [0.05, 0.1) is 23.3 Å². The summed E-state index contributed by atoms with van der Waals surface area (Å²) in [5.41, 5.74) is 6.01. The Morgan fingerprint density at radius 2 is 2.17 bits per heavy atom. The van der Waals surface area contributed by atoms with Crippen molar-refractivity contribution in [2.75, 3.05) is 38.7 Å². The first-order chi connectivity index (χ1) is 11.3. The van der Waals surface area contributed by atoms with Gasteiger partial charge in [0, 0.05) is 24.9 Å². The van der Waals surface area contributed by atoms with Gasteiger partial charge in [-0.05, 0) is 32.0 Å². The Morgan fingerprint density at radius 1 is 1.46 bits per heavy atom. The van der Waals surface area contributed by atoms with E-state index in [2.05, 4.69) is 17.1 Å². The number of nitrogens with zero attached hydrogens (tertiary/aromatic N) is 1. The normalized spacial score (nSPS) is 18.5. The van der Waals surface area contributed by atoms with E-state index >= 15 is 0 Å².